The lowest BCUT2D eigenvalue weighted by Gasteiger charge is -2.16. The molecule has 0 saturated heterocycles. The first-order valence-corrected chi connectivity index (χ1v) is 6.04. The number of ether oxygens (including phenoxy) is 1. The minimum absolute atomic E-state index is 0.424. The van der Waals surface area contributed by atoms with Gasteiger partial charge in [0, 0.05) is 26.3 Å². The summed E-state index contributed by atoms with van der Waals surface area (Å²) < 4.78 is 5.06. The summed E-state index contributed by atoms with van der Waals surface area (Å²) in [6.45, 7) is 4.75. The Bertz CT molecular complexity index is 339. The molecule has 0 unspecified atom stereocenters. The monoisotopic (exact) mass is 238 g/mol. The number of aromatic nitrogens is 2. The zero-order valence-corrected chi connectivity index (χ0v) is 11.1. The summed E-state index contributed by atoms with van der Waals surface area (Å²) >= 11 is 0. The molecular formula is C12H22N4O. The highest BCUT2D eigenvalue weighted by Crippen LogP contribution is 2.14. The Morgan fingerprint density at radius 2 is 1.88 bits per heavy atom. The quantitative estimate of drug-likeness (QED) is 0.763. The van der Waals surface area contributed by atoms with Crippen LogP contribution in [0.2, 0.25) is 0 Å². The van der Waals surface area contributed by atoms with Crippen molar-refractivity contribution >= 4 is 11.6 Å². The summed E-state index contributed by atoms with van der Waals surface area (Å²) in [6, 6.07) is 2.36. The number of hydrogen-bond acceptors (Lipinski definition) is 5. The molecule has 0 radical (unpaired) electrons. The van der Waals surface area contributed by atoms with E-state index in [-0.39, 0.29) is 0 Å². The van der Waals surface area contributed by atoms with Gasteiger partial charge in [0.05, 0.1) is 0 Å². The lowest BCUT2D eigenvalue weighted by Crippen LogP contribution is -2.18. The van der Waals surface area contributed by atoms with E-state index in [1.54, 1.807) is 7.11 Å². The summed E-state index contributed by atoms with van der Waals surface area (Å²) in [5, 5.41) is 6.43. The second kappa shape index (κ2) is 7.06. The average molecular weight is 238 g/mol. The molecule has 5 nitrogen and oxygen atoms in total. The Morgan fingerprint density at radius 1 is 1.24 bits per heavy atom. The summed E-state index contributed by atoms with van der Waals surface area (Å²) in [7, 11) is 3.49. The van der Waals surface area contributed by atoms with Gasteiger partial charge < -0.3 is 15.4 Å². The molecule has 17 heavy (non-hydrogen) atoms. The fourth-order valence-electron chi connectivity index (χ4n) is 1.59. The molecule has 1 heterocycles. The molecule has 2 N–H and O–H groups in total. The molecule has 1 aromatic rings. The van der Waals surface area contributed by atoms with Crippen molar-refractivity contribution in [1.29, 1.82) is 0 Å². The van der Waals surface area contributed by atoms with E-state index < -0.39 is 0 Å². The van der Waals surface area contributed by atoms with Crippen LogP contribution in [0.1, 0.15) is 32.5 Å². The van der Waals surface area contributed by atoms with Crippen LogP contribution in [0, 0.1) is 0 Å². The summed E-state index contributed by atoms with van der Waals surface area (Å²) in [5.74, 6) is 2.35. The zero-order valence-electron chi connectivity index (χ0n) is 11.1. The van der Waals surface area contributed by atoms with E-state index in [0.717, 1.165) is 24.5 Å². The standard InChI is InChI=1S/C12H22N4O/c1-5-9(6-2)14-11-7-10(13-3)15-12(16-11)8-17-4/h7,9H,5-6,8H2,1-4H3,(H2,13,14,15,16). The summed E-state index contributed by atoms with van der Waals surface area (Å²) in [6.07, 6.45) is 2.16. The van der Waals surface area contributed by atoms with Crippen LogP contribution in [0.3, 0.4) is 0 Å². The Morgan fingerprint density at radius 3 is 2.41 bits per heavy atom. The van der Waals surface area contributed by atoms with Gasteiger partial charge in [-0.15, -0.1) is 0 Å². The highest BCUT2D eigenvalue weighted by Gasteiger charge is 2.07. The predicted molar refractivity (Wildman–Crippen MR) is 70.3 cm³/mol. The van der Waals surface area contributed by atoms with Gasteiger partial charge in [-0.3, -0.25) is 0 Å². The van der Waals surface area contributed by atoms with Crippen molar-refractivity contribution in [2.24, 2.45) is 0 Å². The van der Waals surface area contributed by atoms with Gasteiger partial charge in [-0.2, -0.15) is 0 Å². The number of rotatable bonds is 7. The second-order valence-electron chi connectivity index (χ2n) is 3.90. The van der Waals surface area contributed by atoms with Crippen LogP contribution in [-0.4, -0.2) is 30.2 Å². The average Bonchev–Trinajstić information content (AvgIpc) is 2.36. The van der Waals surface area contributed by atoms with Gasteiger partial charge in [0.15, 0.2) is 5.82 Å². The predicted octanol–water partition coefficient (Wildman–Crippen LogP) is 2.27. The highest BCUT2D eigenvalue weighted by molar-refractivity contribution is 5.47. The third-order valence-electron chi connectivity index (χ3n) is 2.64. The Kier molecular flexibility index (Phi) is 5.69. The van der Waals surface area contributed by atoms with E-state index in [4.69, 9.17) is 4.74 Å². The molecule has 0 aromatic carbocycles. The van der Waals surface area contributed by atoms with E-state index in [1.807, 2.05) is 13.1 Å². The molecule has 1 rings (SSSR count). The normalized spacial score (nSPS) is 10.6. The maximum Gasteiger partial charge on any atom is 0.158 e. The van der Waals surface area contributed by atoms with Crippen molar-refractivity contribution in [3.63, 3.8) is 0 Å². The molecule has 0 bridgehead atoms. The lowest BCUT2D eigenvalue weighted by molar-refractivity contribution is 0.178. The minimum atomic E-state index is 0.424. The van der Waals surface area contributed by atoms with Crippen LogP contribution >= 0.6 is 0 Å². The molecule has 1 aromatic heterocycles. The van der Waals surface area contributed by atoms with Crippen molar-refractivity contribution in [3.05, 3.63) is 11.9 Å². The third-order valence-corrected chi connectivity index (χ3v) is 2.64. The molecule has 5 heteroatoms. The van der Waals surface area contributed by atoms with E-state index in [1.165, 1.54) is 0 Å². The molecular weight excluding hydrogens is 216 g/mol. The van der Waals surface area contributed by atoms with Crippen molar-refractivity contribution in [2.45, 2.75) is 39.3 Å². The van der Waals surface area contributed by atoms with E-state index >= 15 is 0 Å². The van der Waals surface area contributed by atoms with Crippen LogP contribution < -0.4 is 10.6 Å². The number of hydrogen-bond donors (Lipinski definition) is 2. The molecule has 0 aliphatic heterocycles. The fourth-order valence-corrected chi connectivity index (χ4v) is 1.59. The Hall–Kier alpha value is -1.36. The molecule has 0 amide bonds. The molecule has 0 saturated carbocycles. The molecule has 0 aliphatic carbocycles. The zero-order chi connectivity index (χ0) is 12.7. The number of anilines is 2. The minimum Gasteiger partial charge on any atom is -0.377 e. The smallest absolute Gasteiger partial charge is 0.158 e. The summed E-state index contributed by atoms with van der Waals surface area (Å²) in [4.78, 5) is 8.73. The van der Waals surface area contributed by atoms with E-state index in [2.05, 4.69) is 34.4 Å². The highest BCUT2D eigenvalue weighted by atomic mass is 16.5. The molecule has 0 aliphatic rings. The maximum absolute atomic E-state index is 5.06. The molecule has 0 atom stereocenters. The van der Waals surface area contributed by atoms with Crippen LogP contribution in [0.4, 0.5) is 11.6 Å². The van der Waals surface area contributed by atoms with Crippen LogP contribution in [0.25, 0.3) is 0 Å². The van der Waals surface area contributed by atoms with Gasteiger partial charge in [-0.05, 0) is 12.8 Å². The van der Waals surface area contributed by atoms with Crippen LogP contribution in [0.5, 0.6) is 0 Å². The number of nitrogens with one attached hydrogen (secondary N) is 2. The Labute approximate surface area is 103 Å². The van der Waals surface area contributed by atoms with E-state index in [9.17, 15) is 0 Å². The Balaban J connectivity index is 2.85. The van der Waals surface area contributed by atoms with Crippen LogP contribution in [-0.2, 0) is 11.3 Å². The number of methoxy groups -OCH3 is 1. The fraction of sp³-hybridized carbons (Fsp3) is 0.667. The first-order valence-electron chi connectivity index (χ1n) is 6.04. The first kappa shape index (κ1) is 13.7. The topological polar surface area (TPSA) is 59.1 Å². The van der Waals surface area contributed by atoms with E-state index in [0.29, 0.717) is 18.5 Å². The first-order chi connectivity index (χ1) is 8.23. The maximum atomic E-state index is 5.06. The van der Waals surface area contributed by atoms with Crippen molar-refractivity contribution in [3.8, 4) is 0 Å². The lowest BCUT2D eigenvalue weighted by atomic mass is 10.2. The van der Waals surface area contributed by atoms with Gasteiger partial charge in [-0.25, -0.2) is 9.97 Å². The van der Waals surface area contributed by atoms with Crippen molar-refractivity contribution in [1.82, 2.24) is 9.97 Å². The number of nitrogens with zero attached hydrogens (tertiary/aromatic N) is 2. The second-order valence-corrected chi connectivity index (χ2v) is 3.90. The van der Waals surface area contributed by atoms with Gasteiger partial charge >= 0.3 is 0 Å². The summed E-state index contributed by atoms with van der Waals surface area (Å²) in [5.41, 5.74) is 0. The van der Waals surface area contributed by atoms with Gasteiger partial charge in [0.25, 0.3) is 0 Å². The SMILES string of the molecule is CCC(CC)Nc1cc(NC)nc(COC)n1. The van der Waals surface area contributed by atoms with Gasteiger partial charge in [-0.1, -0.05) is 13.8 Å². The van der Waals surface area contributed by atoms with Crippen molar-refractivity contribution in [2.75, 3.05) is 24.8 Å². The van der Waals surface area contributed by atoms with Gasteiger partial charge in [0.1, 0.15) is 18.2 Å². The van der Waals surface area contributed by atoms with Gasteiger partial charge in [0.2, 0.25) is 0 Å². The third kappa shape index (κ3) is 4.19. The molecule has 0 fully saturated rings. The van der Waals surface area contributed by atoms with Crippen molar-refractivity contribution < 1.29 is 4.74 Å². The molecule has 96 valence electrons. The van der Waals surface area contributed by atoms with Crippen LogP contribution in [0.15, 0.2) is 6.07 Å². The largest absolute Gasteiger partial charge is 0.377 e. The molecule has 0 spiro atoms.